The summed E-state index contributed by atoms with van der Waals surface area (Å²) in [5, 5.41) is 10.5. The maximum atomic E-state index is 14.4. The number of nitrogens with zero attached hydrogens (tertiary/aromatic N) is 3. The van der Waals surface area contributed by atoms with Crippen LogP contribution in [0.1, 0.15) is 32.3 Å². The Morgan fingerprint density at radius 1 is 1.03 bits per heavy atom. The lowest BCUT2D eigenvalue weighted by Gasteiger charge is -2.40. The van der Waals surface area contributed by atoms with Crippen molar-refractivity contribution in [1.82, 2.24) is 14.7 Å². The summed E-state index contributed by atoms with van der Waals surface area (Å²) in [7, 11) is 1.73. The number of unbranched alkanes of at least 4 members (excludes halogenated alkanes) is 1. The highest BCUT2D eigenvalue weighted by atomic mass is 16.5. The van der Waals surface area contributed by atoms with Crippen LogP contribution in [0.15, 0.2) is 54.6 Å². The van der Waals surface area contributed by atoms with Crippen molar-refractivity contribution in [2.45, 2.75) is 56.4 Å². The zero-order chi connectivity index (χ0) is 26.4. The highest BCUT2D eigenvalue weighted by Crippen LogP contribution is 2.57. The van der Waals surface area contributed by atoms with E-state index in [4.69, 9.17) is 4.74 Å². The van der Waals surface area contributed by atoms with Crippen molar-refractivity contribution >= 4 is 17.7 Å². The van der Waals surface area contributed by atoms with E-state index in [0.29, 0.717) is 26.1 Å². The minimum absolute atomic E-state index is 0.167. The third kappa shape index (κ3) is 4.01. The minimum atomic E-state index is -1.29. The second kappa shape index (κ2) is 9.72. The monoisotopic (exact) mass is 507 g/mol. The van der Waals surface area contributed by atoms with Crippen LogP contribution in [0.5, 0.6) is 0 Å². The number of hydrogen-bond acceptors (Lipinski definition) is 5. The maximum Gasteiger partial charge on any atom is 0.249 e. The van der Waals surface area contributed by atoms with Crippen LogP contribution in [0.25, 0.3) is 0 Å². The summed E-state index contributed by atoms with van der Waals surface area (Å²) in [4.78, 5) is 47.3. The molecule has 0 bridgehead atoms. The van der Waals surface area contributed by atoms with Crippen LogP contribution >= 0.6 is 0 Å². The fourth-order valence-corrected chi connectivity index (χ4v) is 6.71. The molecule has 0 aliphatic carbocycles. The third-order valence-corrected chi connectivity index (χ3v) is 8.48. The summed E-state index contributed by atoms with van der Waals surface area (Å²) in [5.41, 5.74) is -1.36. The highest BCUT2D eigenvalue weighted by molar-refractivity contribution is 6.00. The van der Waals surface area contributed by atoms with Gasteiger partial charge in [-0.1, -0.05) is 68.0 Å². The van der Waals surface area contributed by atoms with E-state index in [1.54, 1.807) is 21.7 Å². The van der Waals surface area contributed by atoms with E-state index < -0.39 is 35.1 Å². The number of carbonyl (C=O) groups is 3. The van der Waals surface area contributed by atoms with Crippen molar-refractivity contribution in [3.63, 3.8) is 0 Å². The average molecular weight is 508 g/mol. The van der Waals surface area contributed by atoms with Crippen molar-refractivity contribution in [3.8, 4) is 0 Å². The average Bonchev–Trinajstić information content (AvgIpc) is 3.17. The number of likely N-dealkylation sites (N-methyl/N-ethyl adjacent to an activating group) is 1. The predicted octanol–water partition coefficient (Wildman–Crippen LogP) is 1.79. The minimum Gasteiger partial charge on any atom is -0.394 e. The molecular weight excluding hydrogens is 470 g/mol. The molecular formula is C29H37N3O5. The van der Waals surface area contributed by atoms with E-state index in [2.05, 4.69) is 6.92 Å². The van der Waals surface area contributed by atoms with Crippen molar-refractivity contribution in [1.29, 1.82) is 0 Å². The number of carbonyl (C=O) groups excluding carboxylic acids is 3. The number of ether oxygens (including phenoxy) is 1. The first-order valence-corrected chi connectivity index (χ1v) is 13.3. The van der Waals surface area contributed by atoms with Crippen LogP contribution in [0.4, 0.5) is 0 Å². The molecule has 8 nitrogen and oxygen atoms in total. The Labute approximate surface area is 218 Å². The molecule has 1 aromatic carbocycles. The molecule has 1 N–H and O–H groups in total. The van der Waals surface area contributed by atoms with Crippen molar-refractivity contribution < 1.29 is 24.2 Å². The molecule has 0 aromatic heterocycles. The predicted molar refractivity (Wildman–Crippen MR) is 138 cm³/mol. The van der Waals surface area contributed by atoms with E-state index in [9.17, 15) is 19.5 Å². The molecule has 2 fully saturated rings. The molecule has 3 amide bonds. The molecule has 4 aliphatic rings. The van der Waals surface area contributed by atoms with E-state index in [-0.39, 0.29) is 24.3 Å². The van der Waals surface area contributed by atoms with E-state index in [1.165, 1.54) is 0 Å². The van der Waals surface area contributed by atoms with E-state index >= 15 is 0 Å². The summed E-state index contributed by atoms with van der Waals surface area (Å²) in [6.45, 7) is 5.04. The number of benzene rings is 1. The molecule has 8 heteroatoms. The van der Waals surface area contributed by atoms with Gasteiger partial charge in [-0.25, -0.2) is 0 Å². The van der Waals surface area contributed by atoms with Gasteiger partial charge in [-0.15, -0.1) is 0 Å². The molecule has 4 heterocycles. The molecule has 6 atom stereocenters. The van der Waals surface area contributed by atoms with Crippen LogP contribution in [0.2, 0.25) is 0 Å². The normalized spacial score (nSPS) is 33.8. The number of likely N-dealkylation sites (tertiary alicyclic amines) is 1. The van der Waals surface area contributed by atoms with E-state index in [1.807, 2.05) is 61.6 Å². The summed E-state index contributed by atoms with van der Waals surface area (Å²) >= 11 is 0. The first-order chi connectivity index (χ1) is 17.8. The van der Waals surface area contributed by atoms with Crippen LogP contribution in [-0.4, -0.2) is 94.1 Å². The molecule has 2 saturated heterocycles. The van der Waals surface area contributed by atoms with Crippen LogP contribution in [-0.2, 0) is 25.5 Å². The summed E-state index contributed by atoms with van der Waals surface area (Å²) in [6.07, 6.45) is 9.73. The molecule has 198 valence electrons. The quantitative estimate of drug-likeness (QED) is 0.569. The lowest BCUT2D eigenvalue weighted by molar-refractivity contribution is -0.155. The lowest BCUT2D eigenvalue weighted by atomic mass is 9.74. The highest BCUT2D eigenvalue weighted by Gasteiger charge is 2.75. The Morgan fingerprint density at radius 3 is 2.46 bits per heavy atom. The summed E-state index contributed by atoms with van der Waals surface area (Å²) in [5.74, 6) is -2.30. The Hall–Kier alpha value is -2.97. The SMILES string of the molecule is CCCCN1CC=C[C@]23O[C@]4(C)C=CCN(C)C(=O)[C@@H]4[C@H]2C(=O)N([C@@H](CO)Cc2ccccc2)C3C1=O. The second-order valence-electron chi connectivity index (χ2n) is 10.9. The third-order valence-electron chi connectivity index (χ3n) is 8.48. The van der Waals surface area contributed by atoms with Crippen molar-refractivity contribution in [2.24, 2.45) is 11.8 Å². The lowest BCUT2D eigenvalue weighted by Crippen LogP contribution is -2.59. The number of aliphatic hydroxyl groups is 1. The van der Waals surface area contributed by atoms with Crippen LogP contribution < -0.4 is 0 Å². The topological polar surface area (TPSA) is 90.4 Å². The number of rotatable bonds is 7. The van der Waals surface area contributed by atoms with Gasteiger partial charge in [-0.3, -0.25) is 14.4 Å². The number of amides is 3. The first kappa shape index (κ1) is 25.7. The van der Waals surface area contributed by atoms with Gasteiger partial charge in [0.1, 0.15) is 11.6 Å². The molecule has 1 aromatic rings. The summed E-state index contributed by atoms with van der Waals surface area (Å²) < 4.78 is 6.80. The molecule has 1 unspecified atom stereocenters. The fourth-order valence-electron chi connectivity index (χ4n) is 6.71. The Balaban J connectivity index is 1.63. The molecule has 5 rings (SSSR count). The van der Waals surface area contributed by atoms with Crippen molar-refractivity contribution in [2.75, 3.05) is 33.3 Å². The Kier molecular flexibility index (Phi) is 6.75. The number of aliphatic hydroxyl groups excluding tert-OH is 1. The molecule has 4 aliphatic heterocycles. The Bertz CT molecular complexity index is 1120. The fraction of sp³-hybridized carbons (Fsp3) is 0.552. The van der Waals surface area contributed by atoms with Gasteiger partial charge in [-0.2, -0.15) is 0 Å². The summed E-state index contributed by atoms with van der Waals surface area (Å²) in [6, 6.07) is 8.05. The first-order valence-electron chi connectivity index (χ1n) is 13.3. The van der Waals surface area contributed by atoms with Gasteiger partial charge >= 0.3 is 0 Å². The van der Waals surface area contributed by atoms with Gasteiger partial charge in [0.2, 0.25) is 17.7 Å². The number of hydrogen-bond donors (Lipinski definition) is 1. The number of fused-ring (bicyclic) bond motifs is 2. The molecule has 0 saturated carbocycles. The van der Waals surface area contributed by atoms with Gasteiger partial charge in [0.15, 0.2) is 0 Å². The smallest absolute Gasteiger partial charge is 0.249 e. The Morgan fingerprint density at radius 2 is 1.76 bits per heavy atom. The van der Waals surface area contributed by atoms with Crippen LogP contribution in [0.3, 0.4) is 0 Å². The van der Waals surface area contributed by atoms with Gasteiger partial charge in [0.05, 0.1) is 30.1 Å². The zero-order valence-electron chi connectivity index (χ0n) is 21.9. The van der Waals surface area contributed by atoms with Gasteiger partial charge in [0.25, 0.3) is 0 Å². The molecule has 0 radical (unpaired) electrons. The maximum absolute atomic E-state index is 14.4. The van der Waals surface area contributed by atoms with Gasteiger partial charge in [-0.05, 0) is 25.3 Å². The van der Waals surface area contributed by atoms with Gasteiger partial charge in [0, 0.05) is 26.7 Å². The van der Waals surface area contributed by atoms with Crippen LogP contribution in [0, 0.1) is 11.8 Å². The van der Waals surface area contributed by atoms with Crippen molar-refractivity contribution in [3.05, 3.63) is 60.2 Å². The standard InChI is InChI=1S/C29H37N3O5/c1-4-5-16-31-17-10-14-29-23(22-25(34)30(3)15-9-13-28(22,2)37-29)26(35)32(24(29)27(31)36)21(19-33)18-20-11-7-6-8-12-20/h6-14,21-24,33H,4-5,15-19H2,1-3H3/t21-,22+,23+,24?,28-,29+/m1/s1. The zero-order valence-corrected chi connectivity index (χ0v) is 21.9. The van der Waals surface area contributed by atoms with E-state index in [0.717, 1.165) is 18.4 Å². The largest absolute Gasteiger partial charge is 0.394 e. The van der Waals surface area contributed by atoms with Gasteiger partial charge < -0.3 is 24.5 Å². The second-order valence-corrected chi connectivity index (χ2v) is 10.9. The molecule has 37 heavy (non-hydrogen) atoms. The molecule has 1 spiro atoms.